The lowest BCUT2D eigenvalue weighted by Crippen LogP contribution is -2.19. The Bertz CT molecular complexity index is 452. The highest BCUT2D eigenvalue weighted by molar-refractivity contribution is 7.19. The minimum absolute atomic E-state index is 0.153. The van der Waals surface area contributed by atoms with Crippen LogP contribution in [0.1, 0.15) is 10.9 Å². The summed E-state index contributed by atoms with van der Waals surface area (Å²) in [6, 6.07) is 7.85. The zero-order chi connectivity index (χ0) is 10.1. The zero-order valence-corrected chi connectivity index (χ0v) is 9.11. The summed E-state index contributed by atoms with van der Waals surface area (Å²) in [4.78, 5) is 0.982. The van der Waals surface area contributed by atoms with Crippen molar-refractivity contribution in [2.45, 2.75) is 6.04 Å². The predicted molar refractivity (Wildman–Crippen MR) is 62.8 cm³/mol. The fourth-order valence-electron chi connectivity index (χ4n) is 1.38. The first-order chi connectivity index (χ1) is 6.74. The van der Waals surface area contributed by atoms with Crippen molar-refractivity contribution in [1.82, 2.24) is 0 Å². The topological polar surface area (TPSA) is 52.0 Å². The van der Waals surface area contributed by atoms with E-state index in [0.717, 1.165) is 20.0 Å². The van der Waals surface area contributed by atoms with Crippen LogP contribution in [-0.2, 0) is 0 Å². The molecular weight excluding hydrogens is 216 g/mol. The predicted octanol–water partition coefficient (Wildman–Crippen LogP) is 2.51. The summed E-state index contributed by atoms with van der Waals surface area (Å²) in [6.45, 7) is 0.423. The van der Waals surface area contributed by atoms with Crippen LogP contribution in [0.15, 0.2) is 24.3 Å². The number of nitrogens with two attached hydrogens (primary N) is 2. The Morgan fingerprint density at radius 1 is 1.36 bits per heavy atom. The third-order valence-corrected chi connectivity index (χ3v) is 3.97. The van der Waals surface area contributed by atoms with E-state index in [0.29, 0.717) is 6.54 Å². The molecule has 0 spiro atoms. The van der Waals surface area contributed by atoms with E-state index in [9.17, 15) is 0 Å². The lowest BCUT2D eigenvalue weighted by molar-refractivity contribution is 0.752. The van der Waals surface area contributed by atoms with Gasteiger partial charge in [0.25, 0.3) is 0 Å². The molecule has 2 nitrogen and oxygen atoms in total. The monoisotopic (exact) mass is 226 g/mol. The molecule has 0 bridgehead atoms. The van der Waals surface area contributed by atoms with E-state index in [4.69, 9.17) is 23.1 Å². The van der Waals surface area contributed by atoms with Crippen molar-refractivity contribution in [3.8, 4) is 0 Å². The summed E-state index contributed by atoms with van der Waals surface area (Å²) in [6.07, 6.45) is 0. The first-order valence-electron chi connectivity index (χ1n) is 4.36. The molecule has 1 aromatic heterocycles. The van der Waals surface area contributed by atoms with Crippen molar-refractivity contribution in [3.05, 3.63) is 34.2 Å². The van der Waals surface area contributed by atoms with E-state index in [1.807, 2.05) is 24.3 Å². The van der Waals surface area contributed by atoms with Gasteiger partial charge >= 0.3 is 0 Å². The van der Waals surface area contributed by atoms with E-state index < -0.39 is 0 Å². The van der Waals surface area contributed by atoms with Gasteiger partial charge in [-0.15, -0.1) is 11.3 Å². The number of hydrogen-bond acceptors (Lipinski definition) is 3. The fourth-order valence-corrected chi connectivity index (χ4v) is 2.97. The molecule has 1 atom stereocenters. The number of fused-ring (bicyclic) bond motifs is 1. The first kappa shape index (κ1) is 9.93. The van der Waals surface area contributed by atoms with Gasteiger partial charge in [0.05, 0.1) is 11.1 Å². The number of halogens is 1. The van der Waals surface area contributed by atoms with Crippen LogP contribution >= 0.6 is 22.9 Å². The molecule has 0 saturated heterocycles. The van der Waals surface area contributed by atoms with Crippen molar-refractivity contribution in [2.75, 3.05) is 6.54 Å². The van der Waals surface area contributed by atoms with Gasteiger partial charge in [0, 0.05) is 21.5 Å². The first-order valence-corrected chi connectivity index (χ1v) is 5.56. The highest BCUT2D eigenvalue weighted by Gasteiger charge is 2.14. The lowest BCUT2D eigenvalue weighted by atomic mass is 10.2. The lowest BCUT2D eigenvalue weighted by Gasteiger charge is -2.05. The maximum Gasteiger partial charge on any atom is 0.0640 e. The Morgan fingerprint density at radius 2 is 2.07 bits per heavy atom. The molecule has 4 heteroatoms. The van der Waals surface area contributed by atoms with Crippen LogP contribution in [0.4, 0.5) is 0 Å². The Kier molecular flexibility index (Phi) is 2.74. The Morgan fingerprint density at radius 3 is 2.71 bits per heavy atom. The van der Waals surface area contributed by atoms with Crippen molar-refractivity contribution in [2.24, 2.45) is 11.5 Å². The molecule has 0 unspecified atom stereocenters. The Labute approximate surface area is 91.5 Å². The number of hydrogen-bond donors (Lipinski definition) is 2. The molecule has 0 aliphatic heterocycles. The molecule has 0 amide bonds. The molecule has 1 aromatic carbocycles. The van der Waals surface area contributed by atoms with E-state index in [1.54, 1.807) is 11.3 Å². The third kappa shape index (κ3) is 1.53. The van der Waals surface area contributed by atoms with Crippen LogP contribution < -0.4 is 11.5 Å². The standard InChI is InChI=1S/C10H11ClN2S/c11-9-6-3-1-2-4-8(6)14-10(9)7(13)5-12/h1-4,7H,5,12-13H2/t7-/m0/s1. The van der Waals surface area contributed by atoms with Crippen LogP contribution in [0.3, 0.4) is 0 Å². The van der Waals surface area contributed by atoms with E-state index in [-0.39, 0.29) is 6.04 Å². The van der Waals surface area contributed by atoms with Crippen LogP contribution in [0.25, 0.3) is 10.1 Å². The molecule has 0 fully saturated rings. The van der Waals surface area contributed by atoms with Crippen LogP contribution in [0, 0.1) is 0 Å². The maximum absolute atomic E-state index is 6.21. The number of rotatable bonds is 2. The SMILES string of the molecule is NC[C@H](N)c1sc2ccccc2c1Cl. The van der Waals surface area contributed by atoms with Gasteiger partial charge in [-0.3, -0.25) is 0 Å². The van der Waals surface area contributed by atoms with Crippen molar-refractivity contribution >= 4 is 33.0 Å². The molecule has 0 saturated carbocycles. The van der Waals surface area contributed by atoms with Gasteiger partial charge in [0.15, 0.2) is 0 Å². The van der Waals surface area contributed by atoms with Gasteiger partial charge in [0.1, 0.15) is 0 Å². The third-order valence-electron chi connectivity index (χ3n) is 2.15. The minimum atomic E-state index is -0.153. The molecule has 0 aliphatic rings. The van der Waals surface area contributed by atoms with Gasteiger partial charge in [-0.25, -0.2) is 0 Å². The Balaban J connectivity index is 2.62. The smallest absolute Gasteiger partial charge is 0.0640 e. The second-order valence-corrected chi connectivity index (χ2v) is 4.58. The second-order valence-electron chi connectivity index (χ2n) is 3.12. The highest BCUT2D eigenvalue weighted by Crippen LogP contribution is 2.37. The molecule has 2 rings (SSSR count). The van der Waals surface area contributed by atoms with Crippen LogP contribution in [0.5, 0.6) is 0 Å². The summed E-state index contributed by atoms with van der Waals surface area (Å²) >= 11 is 7.83. The summed E-state index contributed by atoms with van der Waals surface area (Å²) in [7, 11) is 0. The van der Waals surface area contributed by atoms with Crippen molar-refractivity contribution in [1.29, 1.82) is 0 Å². The van der Waals surface area contributed by atoms with Gasteiger partial charge in [-0.05, 0) is 6.07 Å². The van der Waals surface area contributed by atoms with E-state index in [1.165, 1.54) is 0 Å². The van der Waals surface area contributed by atoms with Gasteiger partial charge in [-0.2, -0.15) is 0 Å². The molecule has 74 valence electrons. The van der Waals surface area contributed by atoms with Crippen molar-refractivity contribution in [3.63, 3.8) is 0 Å². The summed E-state index contributed by atoms with van der Waals surface area (Å²) < 4.78 is 1.16. The summed E-state index contributed by atoms with van der Waals surface area (Å²) in [5, 5.41) is 1.82. The Hall–Kier alpha value is -0.610. The average Bonchev–Trinajstić information content (AvgIpc) is 2.56. The normalized spacial score (nSPS) is 13.4. The van der Waals surface area contributed by atoms with Crippen molar-refractivity contribution < 1.29 is 0 Å². The highest BCUT2D eigenvalue weighted by atomic mass is 35.5. The van der Waals surface area contributed by atoms with E-state index in [2.05, 4.69) is 0 Å². The molecule has 0 radical (unpaired) electrons. The summed E-state index contributed by atoms with van der Waals surface area (Å²) in [5.74, 6) is 0. The quantitative estimate of drug-likeness (QED) is 0.827. The van der Waals surface area contributed by atoms with Crippen LogP contribution in [-0.4, -0.2) is 6.54 Å². The molecular formula is C10H11ClN2S. The van der Waals surface area contributed by atoms with Gasteiger partial charge in [-0.1, -0.05) is 29.8 Å². The molecule has 1 heterocycles. The number of thiophene rings is 1. The second kappa shape index (κ2) is 3.87. The molecule has 2 aromatic rings. The molecule has 0 aliphatic carbocycles. The maximum atomic E-state index is 6.21. The van der Waals surface area contributed by atoms with Crippen LogP contribution in [0.2, 0.25) is 5.02 Å². The molecule has 14 heavy (non-hydrogen) atoms. The number of benzene rings is 1. The largest absolute Gasteiger partial charge is 0.329 e. The zero-order valence-electron chi connectivity index (χ0n) is 7.53. The van der Waals surface area contributed by atoms with Gasteiger partial charge < -0.3 is 11.5 Å². The minimum Gasteiger partial charge on any atom is -0.329 e. The van der Waals surface area contributed by atoms with E-state index >= 15 is 0 Å². The average molecular weight is 227 g/mol. The van der Waals surface area contributed by atoms with Gasteiger partial charge in [0.2, 0.25) is 0 Å². The summed E-state index contributed by atoms with van der Waals surface area (Å²) in [5.41, 5.74) is 11.4. The fraction of sp³-hybridized carbons (Fsp3) is 0.200. The molecule has 4 N–H and O–H groups in total.